The highest BCUT2D eigenvalue weighted by molar-refractivity contribution is 7.89. The van der Waals surface area contributed by atoms with Gasteiger partial charge in [-0.25, -0.2) is 13.9 Å². The van der Waals surface area contributed by atoms with Crippen molar-refractivity contribution >= 4 is 15.9 Å². The summed E-state index contributed by atoms with van der Waals surface area (Å²) in [7, 11) is -4.00. The molecule has 29 heavy (non-hydrogen) atoms. The zero-order chi connectivity index (χ0) is 21.0. The van der Waals surface area contributed by atoms with Gasteiger partial charge in [0.25, 0.3) is 5.91 Å². The first-order valence-electron chi connectivity index (χ1n) is 9.07. The van der Waals surface area contributed by atoms with E-state index in [9.17, 15) is 13.2 Å². The Balaban J connectivity index is 1.79. The SMILES string of the molecule is CC1O[C@@H](C)CN(S(=O)(=O)c2ccc(OCc3ccccn3)cc2)[C@H]1C(=O)NO. The van der Waals surface area contributed by atoms with Gasteiger partial charge < -0.3 is 9.47 Å². The van der Waals surface area contributed by atoms with E-state index < -0.39 is 34.2 Å². The molecule has 0 aliphatic carbocycles. The number of sulfonamides is 1. The van der Waals surface area contributed by atoms with Gasteiger partial charge in [0.15, 0.2) is 0 Å². The number of rotatable bonds is 6. The van der Waals surface area contributed by atoms with E-state index in [0.29, 0.717) is 5.75 Å². The summed E-state index contributed by atoms with van der Waals surface area (Å²) in [5.41, 5.74) is 2.27. The van der Waals surface area contributed by atoms with E-state index in [1.165, 1.54) is 17.6 Å². The van der Waals surface area contributed by atoms with Crippen molar-refractivity contribution in [2.24, 2.45) is 0 Å². The van der Waals surface area contributed by atoms with Gasteiger partial charge in [-0.1, -0.05) is 6.07 Å². The first-order chi connectivity index (χ1) is 13.8. The fraction of sp³-hybridized carbons (Fsp3) is 0.368. The number of hydroxylamine groups is 1. The summed E-state index contributed by atoms with van der Waals surface area (Å²) in [6, 6.07) is 10.2. The lowest BCUT2D eigenvalue weighted by Gasteiger charge is -2.40. The van der Waals surface area contributed by atoms with E-state index in [2.05, 4.69) is 4.98 Å². The number of hydrogen-bond acceptors (Lipinski definition) is 7. The van der Waals surface area contributed by atoms with Crippen LogP contribution < -0.4 is 10.2 Å². The highest BCUT2D eigenvalue weighted by Gasteiger charge is 2.44. The number of nitrogens with one attached hydrogen (secondary N) is 1. The third kappa shape index (κ3) is 4.73. The third-order valence-corrected chi connectivity index (χ3v) is 6.42. The summed E-state index contributed by atoms with van der Waals surface area (Å²) in [4.78, 5) is 16.2. The fourth-order valence-corrected chi connectivity index (χ4v) is 4.95. The van der Waals surface area contributed by atoms with Crippen molar-refractivity contribution in [3.05, 3.63) is 54.4 Å². The maximum absolute atomic E-state index is 13.2. The molecule has 0 radical (unpaired) electrons. The van der Waals surface area contributed by atoms with Crippen LogP contribution in [0.2, 0.25) is 0 Å². The van der Waals surface area contributed by atoms with Crippen molar-refractivity contribution in [3.8, 4) is 5.75 Å². The molecule has 3 rings (SSSR count). The molecule has 1 saturated heterocycles. The molecule has 0 spiro atoms. The Bertz CT molecular complexity index is 936. The molecule has 9 nitrogen and oxygen atoms in total. The molecule has 1 fully saturated rings. The lowest BCUT2D eigenvalue weighted by molar-refractivity contribution is -0.146. The molecule has 1 aromatic carbocycles. The van der Waals surface area contributed by atoms with Gasteiger partial charge in [0.05, 0.1) is 22.8 Å². The number of aromatic nitrogens is 1. The molecule has 1 aliphatic heterocycles. The average molecular weight is 421 g/mol. The molecule has 3 atom stereocenters. The number of nitrogens with zero attached hydrogens (tertiary/aromatic N) is 2. The summed E-state index contributed by atoms with van der Waals surface area (Å²) in [6.07, 6.45) is 0.544. The Kier molecular flexibility index (Phi) is 6.48. The van der Waals surface area contributed by atoms with Crippen LogP contribution >= 0.6 is 0 Å². The van der Waals surface area contributed by atoms with Crippen molar-refractivity contribution in [1.29, 1.82) is 0 Å². The van der Waals surface area contributed by atoms with E-state index in [0.717, 1.165) is 10.00 Å². The number of amides is 1. The summed E-state index contributed by atoms with van der Waals surface area (Å²) in [6.45, 7) is 3.56. The number of hydrogen-bond donors (Lipinski definition) is 2. The van der Waals surface area contributed by atoms with Gasteiger partial charge in [-0.05, 0) is 50.2 Å². The van der Waals surface area contributed by atoms with Crippen molar-refractivity contribution < 1.29 is 27.9 Å². The molecule has 1 unspecified atom stereocenters. The molecule has 0 saturated carbocycles. The second kappa shape index (κ2) is 8.87. The van der Waals surface area contributed by atoms with Crippen LogP contribution in [0.4, 0.5) is 0 Å². The molecule has 2 aromatic rings. The molecule has 0 bridgehead atoms. The van der Waals surface area contributed by atoms with E-state index >= 15 is 0 Å². The fourth-order valence-electron chi connectivity index (χ4n) is 3.23. The molecular weight excluding hydrogens is 398 g/mol. The summed E-state index contributed by atoms with van der Waals surface area (Å²) in [5.74, 6) is -0.355. The molecule has 1 aromatic heterocycles. The van der Waals surface area contributed by atoms with Crippen LogP contribution in [-0.4, -0.2) is 53.6 Å². The van der Waals surface area contributed by atoms with Gasteiger partial charge in [-0.2, -0.15) is 4.31 Å². The Labute approximate surface area is 169 Å². The first-order valence-corrected chi connectivity index (χ1v) is 10.5. The van der Waals surface area contributed by atoms with Crippen LogP contribution in [-0.2, 0) is 26.2 Å². The minimum Gasteiger partial charge on any atom is -0.487 e. The lowest BCUT2D eigenvalue weighted by atomic mass is 10.1. The molecule has 2 heterocycles. The maximum Gasteiger partial charge on any atom is 0.264 e. The quantitative estimate of drug-likeness (QED) is 0.534. The zero-order valence-corrected chi connectivity index (χ0v) is 16.9. The smallest absolute Gasteiger partial charge is 0.264 e. The number of pyridine rings is 1. The topological polar surface area (TPSA) is 118 Å². The van der Waals surface area contributed by atoms with Gasteiger partial charge in [0.2, 0.25) is 10.0 Å². The Morgan fingerprint density at radius 1 is 1.28 bits per heavy atom. The van der Waals surface area contributed by atoms with Gasteiger partial charge in [0, 0.05) is 12.7 Å². The van der Waals surface area contributed by atoms with Crippen LogP contribution in [0.25, 0.3) is 0 Å². The second-order valence-corrected chi connectivity index (χ2v) is 8.62. The molecule has 1 amide bonds. The van der Waals surface area contributed by atoms with E-state index in [-0.39, 0.29) is 18.0 Å². The molecule has 10 heteroatoms. The van der Waals surface area contributed by atoms with Crippen LogP contribution in [0.1, 0.15) is 19.5 Å². The Morgan fingerprint density at radius 3 is 2.62 bits per heavy atom. The summed E-state index contributed by atoms with van der Waals surface area (Å²) >= 11 is 0. The van der Waals surface area contributed by atoms with Crippen LogP contribution in [0.15, 0.2) is 53.6 Å². The molecule has 156 valence electrons. The Hall–Kier alpha value is -2.53. The average Bonchev–Trinajstić information content (AvgIpc) is 2.72. The highest BCUT2D eigenvalue weighted by atomic mass is 32.2. The van der Waals surface area contributed by atoms with E-state index in [1.54, 1.807) is 38.2 Å². The summed E-state index contributed by atoms with van der Waals surface area (Å²) in [5, 5.41) is 9.02. The molecule has 2 N–H and O–H groups in total. The van der Waals surface area contributed by atoms with Gasteiger partial charge in [-0.3, -0.25) is 15.0 Å². The van der Waals surface area contributed by atoms with Crippen LogP contribution in [0.3, 0.4) is 0 Å². The highest BCUT2D eigenvalue weighted by Crippen LogP contribution is 2.27. The zero-order valence-electron chi connectivity index (χ0n) is 16.1. The number of benzene rings is 1. The van der Waals surface area contributed by atoms with Crippen molar-refractivity contribution in [2.75, 3.05) is 6.54 Å². The first kappa shape index (κ1) is 21.2. The third-order valence-electron chi connectivity index (χ3n) is 4.56. The van der Waals surface area contributed by atoms with Crippen molar-refractivity contribution in [3.63, 3.8) is 0 Å². The van der Waals surface area contributed by atoms with Crippen LogP contribution in [0, 0.1) is 0 Å². The van der Waals surface area contributed by atoms with Gasteiger partial charge in [0.1, 0.15) is 18.4 Å². The monoisotopic (exact) mass is 421 g/mol. The largest absolute Gasteiger partial charge is 0.487 e. The predicted molar refractivity (Wildman–Crippen MR) is 103 cm³/mol. The van der Waals surface area contributed by atoms with Crippen LogP contribution in [0.5, 0.6) is 5.75 Å². The summed E-state index contributed by atoms with van der Waals surface area (Å²) < 4.78 is 38.6. The van der Waals surface area contributed by atoms with Gasteiger partial charge in [-0.15, -0.1) is 0 Å². The molecule has 1 aliphatic rings. The normalized spacial score (nSPS) is 22.8. The number of carbonyl (C=O) groups excluding carboxylic acids is 1. The number of ether oxygens (including phenoxy) is 2. The van der Waals surface area contributed by atoms with Gasteiger partial charge >= 0.3 is 0 Å². The van der Waals surface area contributed by atoms with Crippen molar-refractivity contribution in [2.45, 2.75) is 43.6 Å². The number of morpholine rings is 1. The predicted octanol–water partition coefficient (Wildman–Crippen LogP) is 1.33. The minimum atomic E-state index is -4.00. The maximum atomic E-state index is 13.2. The standard InChI is InChI=1S/C19H23N3O6S/c1-13-11-22(18(14(2)28-13)19(23)21-24)29(25,26)17-8-6-16(7-9-17)27-12-15-5-3-4-10-20-15/h3-10,13-14,18,24H,11-12H2,1-2H3,(H,21,23)/t13-,14?,18+/m0/s1. The van der Waals surface area contributed by atoms with Crippen molar-refractivity contribution in [1.82, 2.24) is 14.8 Å². The second-order valence-electron chi connectivity index (χ2n) is 6.73. The van der Waals surface area contributed by atoms with E-state index in [1.807, 2.05) is 12.1 Å². The van der Waals surface area contributed by atoms with E-state index in [4.69, 9.17) is 14.7 Å². The minimum absolute atomic E-state index is 0.0112. The molecular formula is C19H23N3O6S. The Morgan fingerprint density at radius 2 is 2.00 bits per heavy atom. The number of carbonyl (C=O) groups is 1. The lowest BCUT2D eigenvalue weighted by Crippen LogP contribution is -2.60.